The van der Waals surface area contributed by atoms with E-state index in [1.165, 1.54) is 7.11 Å². The van der Waals surface area contributed by atoms with Crippen molar-refractivity contribution in [3.63, 3.8) is 0 Å². The molecule has 0 atom stereocenters. The zero-order valence-electron chi connectivity index (χ0n) is 12.8. The van der Waals surface area contributed by atoms with Crippen molar-refractivity contribution in [3.05, 3.63) is 70.5 Å². The summed E-state index contributed by atoms with van der Waals surface area (Å²) >= 11 is 5.23. The summed E-state index contributed by atoms with van der Waals surface area (Å²) in [7, 11) is 1.35. The van der Waals surface area contributed by atoms with E-state index in [1.807, 2.05) is 30.3 Å². The van der Waals surface area contributed by atoms with Gasteiger partial charge in [0.1, 0.15) is 0 Å². The number of carbonyl (C=O) groups is 1. The number of benzene rings is 2. The molecule has 0 fully saturated rings. The minimum atomic E-state index is -0.373. The van der Waals surface area contributed by atoms with Crippen LogP contribution < -0.4 is 0 Å². The number of rotatable bonds is 4. The molecular weight excluding hydrogens is 324 g/mol. The van der Waals surface area contributed by atoms with Crippen LogP contribution in [-0.4, -0.2) is 34.2 Å². The minimum absolute atomic E-state index is 0.373. The maximum atomic E-state index is 11.4. The number of carbonyl (C=O) groups excluding carboxylic acids is 1. The molecular formula is C17H14N4O2S. The predicted molar refractivity (Wildman–Crippen MR) is 93.6 cm³/mol. The molecule has 3 aromatic rings. The second kappa shape index (κ2) is 7.01. The topological polar surface area (TPSA) is 72.3 Å². The zero-order valence-corrected chi connectivity index (χ0v) is 13.7. The number of esters is 1. The molecule has 0 spiro atoms. The van der Waals surface area contributed by atoms with E-state index in [-0.39, 0.29) is 5.97 Å². The first-order chi connectivity index (χ1) is 11.7. The minimum Gasteiger partial charge on any atom is -0.465 e. The SMILES string of the molecule is COC(=O)c1ccc(/C=N\n2c(-c3ccccc3)n[nH]c2=S)cc1. The Morgan fingerprint density at radius 1 is 1.21 bits per heavy atom. The van der Waals surface area contributed by atoms with E-state index < -0.39 is 0 Å². The number of nitrogens with zero attached hydrogens (tertiary/aromatic N) is 3. The van der Waals surface area contributed by atoms with Crippen LogP contribution in [0.2, 0.25) is 0 Å². The van der Waals surface area contributed by atoms with Crippen molar-refractivity contribution in [2.75, 3.05) is 7.11 Å². The highest BCUT2D eigenvalue weighted by Gasteiger charge is 2.07. The molecule has 0 saturated carbocycles. The van der Waals surface area contributed by atoms with Crippen LogP contribution in [0.5, 0.6) is 0 Å². The van der Waals surface area contributed by atoms with Crippen LogP contribution in [0.1, 0.15) is 15.9 Å². The van der Waals surface area contributed by atoms with E-state index in [4.69, 9.17) is 12.2 Å². The van der Waals surface area contributed by atoms with Gasteiger partial charge in [0, 0.05) is 5.56 Å². The van der Waals surface area contributed by atoms with Gasteiger partial charge in [-0.25, -0.2) is 9.89 Å². The maximum Gasteiger partial charge on any atom is 0.337 e. The molecule has 0 amide bonds. The standard InChI is InChI=1S/C17H14N4O2S/c1-23-16(22)14-9-7-12(8-10-14)11-18-21-15(19-20-17(21)24)13-5-3-2-4-6-13/h2-11H,1H3,(H,20,24)/b18-11-. The normalized spacial score (nSPS) is 10.9. The highest BCUT2D eigenvalue weighted by molar-refractivity contribution is 7.71. The molecule has 2 aromatic carbocycles. The summed E-state index contributed by atoms with van der Waals surface area (Å²) in [5, 5.41) is 11.3. The Bertz CT molecular complexity index is 927. The lowest BCUT2D eigenvalue weighted by molar-refractivity contribution is 0.0600. The highest BCUT2D eigenvalue weighted by atomic mass is 32.1. The molecule has 1 N–H and O–H groups in total. The van der Waals surface area contributed by atoms with Crippen LogP contribution in [0, 0.1) is 4.77 Å². The van der Waals surface area contributed by atoms with Crippen molar-refractivity contribution in [2.45, 2.75) is 0 Å². The van der Waals surface area contributed by atoms with Crippen molar-refractivity contribution in [2.24, 2.45) is 5.10 Å². The number of nitrogens with one attached hydrogen (secondary N) is 1. The Hall–Kier alpha value is -3.06. The lowest BCUT2D eigenvalue weighted by Crippen LogP contribution is -2.01. The fourth-order valence-electron chi connectivity index (χ4n) is 2.12. The molecule has 0 aliphatic heterocycles. The summed E-state index contributed by atoms with van der Waals surface area (Å²) in [5.41, 5.74) is 2.22. The fourth-order valence-corrected chi connectivity index (χ4v) is 2.30. The lowest BCUT2D eigenvalue weighted by atomic mass is 10.1. The Balaban J connectivity index is 1.89. The summed E-state index contributed by atoms with van der Waals surface area (Å²) in [6, 6.07) is 16.6. The van der Waals surface area contributed by atoms with Gasteiger partial charge in [0.2, 0.25) is 4.77 Å². The Labute approximate surface area is 143 Å². The quantitative estimate of drug-likeness (QED) is 0.450. The molecule has 0 unspecified atom stereocenters. The van der Waals surface area contributed by atoms with E-state index in [1.54, 1.807) is 35.2 Å². The Kier molecular flexibility index (Phi) is 4.62. The van der Waals surface area contributed by atoms with Gasteiger partial charge in [-0.15, -0.1) is 0 Å². The predicted octanol–water partition coefficient (Wildman–Crippen LogP) is 3.28. The molecule has 120 valence electrons. The second-order valence-corrected chi connectivity index (χ2v) is 5.28. The molecule has 3 rings (SSSR count). The van der Waals surface area contributed by atoms with Crippen LogP contribution >= 0.6 is 12.2 Å². The largest absolute Gasteiger partial charge is 0.465 e. The van der Waals surface area contributed by atoms with Crippen LogP contribution in [0.25, 0.3) is 11.4 Å². The molecule has 1 heterocycles. The molecule has 1 aromatic heterocycles. The van der Waals surface area contributed by atoms with Gasteiger partial charge in [-0.05, 0) is 29.9 Å². The van der Waals surface area contributed by atoms with Crippen LogP contribution in [0.3, 0.4) is 0 Å². The van der Waals surface area contributed by atoms with E-state index in [2.05, 4.69) is 20.0 Å². The number of aromatic nitrogens is 3. The molecule has 0 saturated heterocycles. The number of H-pyrrole nitrogens is 1. The molecule has 0 radical (unpaired) electrons. The third-order valence-electron chi connectivity index (χ3n) is 3.34. The lowest BCUT2D eigenvalue weighted by Gasteiger charge is -2.01. The highest BCUT2D eigenvalue weighted by Crippen LogP contribution is 2.16. The first-order valence-electron chi connectivity index (χ1n) is 7.14. The number of methoxy groups -OCH3 is 1. The molecule has 0 aliphatic carbocycles. The first-order valence-corrected chi connectivity index (χ1v) is 7.55. The van der Waals surface area contributed by atoms with Gasteiger partial charge in [0.15, 0.2) is 5.82 Å². The van der Waals surface area contributed by atoms with Crippen molar-refractivity contribution < 1.29 is 9.53 Å². The third-order valence-corrected chi connectivity index (χ3v) is 3.60. The van der Waals surface area contributed by atoms with Gasteiger partial charge < -0.3 is 4.74 Å². The number of aromatic amines is 1. The van der Waals surface area contributed by atoms with Crippen molar-refractivity contribution in [1.29, 1.82) is 0 Å². The van der Waals surface area contributed by atoms with Gasteiger partial charge in [0.25, 0.3) is 0 Å². The molecule has 6 nitrogen and oxygen atoms in total. The summed E-state index contributed by atoms with van der Waals surface area (Å²) in [6.07, 6.45) is 1.65. The van der Waals surface area contributed by atoms with Gasteiger partial charge in [-0.3, -0.25) is 0 Å². The molecule has 7 heteroatoms. The maximum absolute atomic E-state index is 11.4. The number of ether oxygens (including phenoxy) is 1. The van der Waals surface area contributed by atoms with Gasteiger partial charge in [-0.1, -0.05) is 42.5 Å². The Morgan fingerprint density at radius 3 is 2.58 bits per heavy atom. The average Bonchev–Trinajstić information content (AvgIpc) is 3.01. The first kappa shape index (κ1) is 15.8. The molecule has 0 aliphatic rings. The zero-order chi connectivity index (χ0) is 16.9. The summed E-state index contributed by atoms with van der Waals surface area (Å²) in [5.74, 6) is 0.255. The Morgan fingerprint density at radius 2 is 1.92 bits per heavy atom. The second-order valence-electron chi connectivity index (χ2n) is 4.89. The van der Waals surface area contributed by atoms with Crippen LogP contribution in [-0.2, 0) is 4.74 Å². The van der Waals surface area contributed by atoms with E-state index in [9.17, 15) is 4.79 Å². The third kappa shape index (κ3) is 3.31. The van der Waals surface area contributed by atoms with Crippen LogP contribution in [0.15, 0.2) is 59.7 Å². The van der Waals surface area contributed by atoms with Crippen molar-refractivity contribution >= 4 is 24.4 Å². The summed E-state index contributed by atoms with van der Waals surface area (Å²) < 4.78 is 6.63. The number of hydrogen-bond donors (Lipinski definition) is 1. The molecule has 24 heavy (non-hydrogen) atoms. The van der Waals surface area contributed by atoms with E-state index in [0.29, 0.717) is 16.2 Å². The van der Waals surface area contributed by atoms with Crippen LogP contribution in [0.4, 0.5) is 0 Å². The van der Waals surface area contributed by atoms with E-state index in [0.717, 1.165) is 11.1 Å². The summed E-state index contributed by atoms with van der Waals surface area (Å²) in [6.45, 7) is 0. The smallest absolute Gasteiger partial charge is 0.337 e. The number of hydrogen-bond acceptors (Lipinski definition) is 5. The van der Waals surface area contributed by atoms with Crippen molar-refractivity contribution in [1.82, 2.24) is 14.9 Å². The average molecular weight is 338 g/mol. The summed E-state index contributed by atoms with van der Waals surface area (Å²) in [4.78, 5) is 11.4. The van der Waals surface area contributed by atoms with Gasteiger partial charge in [0.05, 0.1) is 18.9 Å². The molecule has 0 bridgehead atoms. The van der Waals surface area contributed by atoms with Gasteiger partial charge in [-0.2, -0.15) is 14.9 Å². The fraction of sp³-hybridized carbons (Fsp3) is 0.0588. The van der Waals surface area contributed by atoms with Gasteiger partial charge >= 0.3 is 5.97 Å². The monoisotopic (exact) mass is 338 g/mol. The van der Waals surface area contributed by atoms with E-state index >= 15 is 0 Å². The van der Waals surface area contributed by atoms with Crippen molar-refractivity contribution in [3.8, 4) is 11.4 Å².